The maximum Gasteiger partial charge on any atom is 0.230 e. The van der Waals surface area contributed by atoms with Crippen LogP contribution in [-0.2, 0) is 16.6 Å². The molecule has 154 valence electrons. The highest BCUT2D eigenvalue weighted by atomic mass is 32.2. The van der Waals surface area contributed by atoms with Crippen molar-refractivity contribution in [3.8, 4) is 11.6 Å². The van der Waals surface area contributed by atoms with Crippen LogP contribution < -0.4 is 14.8 Å². The highest BCUT2D eigenvalue weighted by Crippen LogP contribution is 2.26. The standard InChI is InChI=1S/C21H21N5O3S/c1-14-10-16-12-18(6-7-19(16)24-14)29-20-8-9-22-21(26-20)25-17-5-3-4-15(11-17)13-23-30(2,27)28/h3-12,23-24H,13H2,1-2H3,(H,22,25,26). The zero-order valence-electron chi connectivity index (χ0n) is 16.5. The van der Waals surface area contributed by atoms with Gasteiger partial charge in [0, 0.05) is 41.1 Å². The number of sulfonamides is 1. The van der Waals surface area contributed by atoms with Crippen LogP contribution in [0.3, 0.4) is 0 Å². The first kappa shape index (κ1) is 19.9. The van der Waals surface area contributed by atoms with E-state index in [-0.39, 0.29) is 6.54 Å². The molecule has 8 nitrogen and oxygen atoms in total. The number of hydrogen-bond donors (Lipinski definition) is 3. The molecule has 0 amide bonds. The largest absolute Gasteiger partial charge is 0.439 e. The second-order valence-corrected chi connectivity index (χ2v) is 8.77. The second kappa shape index (κ2) is 8.13. The summed E-state index contributed by atoms with van der Waals surface area (Å²) in [5, 5.41) is 4.18. The van der Waals surface area contributed by atoms with Gasteiger partial charge in [-0.05, 0) is 48.9 Å². The summed E-state index contributed by atoms with van der Waals surface area (Å²) in [4.78, 5) is 11.9. The summed E-state index contributed by atoms with van der Waals surface area (Å²) < 4.78 is 30.9. The topological polar surface area (TPSA) is 109 Å². The molecule has 0 aliphatic carbocycles. The van der Waals surface area contributed by atoms with Gasteiger partial charge in [0.1, 0.15) is 5.75 Å². The number of ether oxygens (including phenoxy) is 1. The predicted octanol–water partition coefficient (Wildman–Crippen LogP) is 3.85. The first-order valence-electron chi connectivity index (χ1n) is 9.25. The van der Waals surface area contributed by atoms with Gasteiger partial charge in [-0.25, -0.2) is 18.1 Å². The van der Waals surface area contributed by atoms with Crippen LogP contribution in [0.15, 0.2) is 60.8 Å². The normalized spacial score (nSPS) is 11.5. The van der Waals surface area contributed by atoms with Gasteiger partial charge >= 0.3 is 0 Å². The number of aromatic nitrogens is 3. The molecule has 30 heavy (non-hydrogen) atoms. The molecule has 9 heteroatoms. The summed E-state index contributed by atoms with van der Waals surface area (Å²) in [5.74, 6) is 1.47. The summed E-state index contributed by atoms with van der Waals surface area (Å²) in [6, 6.07) is 16.9. The van der Waals surface area contributed by atoms with E-state index in [9.17, 15) is 8.42 Å². The molecule has 0 bridgehead atoms. The van der Waals surface area contributed by atoms with Gasteiger partial charge < -0.3 is 15.0 Å². The van der Waals surface area contributed by atoms with E-state index >= 15 is 0 Å². The van der Waals surface area contributed by atoms with E-state index in [4.69, 9.17) is 4.74 Å². The minimum absolute atomic E-state index is 0.208. The molecule has 2 aromatic carbocycles. The third-order valence-electron chi connectivity index (χ3n) is 4.30. The van der Waals surface area contributed by atoms with Crippen molar-refractivity contribution in [2.45, 2.75) is 13.5 Å². The highest BCUT2D eigenvalue weighted by Gasteiger charge is 2.06. The molecular weight excluding hydrogens is 402 g/mol. The fourth-order valence-electron chi connectivity index (χ4n) is 3.00. The molecule has 0 atom stereocenters. The van der Waals surface area contributed by atoms with E-state index in [2.05, 4.69) is 31.1 Å². The Morgan fingerprint density at radius 3 is 2.80 bits per heavy atom. The highest BCUT2D eigenvalue weighted by molar-refractivity contribution is 7.88. The Labute approximate surface area is 174 Å². The molecule has 0 saturated carbocycles. The van der Waals surface area contributed by atoms with Crippen LogP contribution in [0, 0.1) is 6.92 Å². The third kappa shape index (κ3) is 5.13. The number of anilines is 2. The average molecular weight is 423 g/mol. The van der Waals surface area contributed by atoms with Gasteiger partial charge in [-0.1, -0.05) is 12.1 Å². The lowest BCUT2D eigenvalue weighted by Gasteiger charge is -2.09. The van der Waals surface area contributed by atoms with Crippen molar-refractivity contribution < 1.29 is 13.2 Å². The van der Waals surface area contributed by atoms with Crippen LogP contribution >= 0.6 is 0 Å². The Bertz CT molecular complexity index is 1300. The van der Waals surface area contributed by atoms with Gasteiger partial charge in [-0.2, -0.15) is 4.98 Å². The fourth-order valence-corrected chi connectivity index (χ4v) is 3.43. The number of aryl methyl sites for hydroxylation is 1. The second-order valence-electron chi connectivity index (χ2n) is 6.94. The lowest BCUT2D eigenvalue weighted by Crippen LogP contribution is -2.21. The number of nitrogens with zero attached hydrogens (tertiary/aromatic N) is 2. The van der Waals surface area contributed by atoms with E-state index in [1.165, 1.54) is 0 Å². The summed E-state index contributed by atoms with van der Waals surface area (Å²) in [6.45, 7) is 2.22. The zero-order valence-corrected chi connectivity index (χ0v) is 17.3. The molecule has 3 N–H and O–H groups in total. The van der Waals surface area contributed by atoms with Gasteiger partial charge in [0.25, 0.3) is 0 Å². The van der Waals surface area contributed by atoms with Crippen molar-refractivity contribution in [3.05, 3.63) is 72.1 Å². The monoisotopic (exact) mass is 423 g/mol. The quantitative estimate of drug-likeness (QED) is 0.417. The maximum atomic E-state index is 11.3. The molecule has 0 fully saturated rings. The summed E-state index contributed by atoms with van der Waals surface area (Å²) in [6.07, 6.45) is 2.74. The number of H-pyrrole nitrogens is 1. The Kier molecular flexibility index (Phi) is 5.39. The van der Waals surface area contributed by atoms with Crippen LogP contribution in [0.4, 0.5) is 11.6 Å². The first-order chi connectivity index (χ1) is 14.3. The summed E-state index contributed by atoms with van der Waals surface area (Å²) in [7, 11) is -3.26. The van der Waals surface area contributed by atoms with E-state index in [0.717, 1.165) is 34.1 Å². The minimum Gasteiger partial charge on any atom is -0.439 e. The molecule has 0 unspecified atom stereocenters. The molecular formula is C21H21N5O3S. The van der Waals surface area contributed by atoms with Crippen LogP contribution in [0.1, 0.15) is 11.3 Å². The van der Waals surface area contributed by atoms with Gasteiger partial charge in [-0.15, -0.1) is 0 Å². The maximum absolute atomic E-state index is 11.3. The molecule has 2 aromatic heterocycles. The summed E-state index contributed by atoms with van der Waals surface area (Å²) in [5.41, 5.74) is 3.69. The van der Waals surface area contributed by atoms with Gasteiger partial charge in [0.2, 0.25) is 21.9 Å². The smallest absolute Gasteiger partial charge is 0.230 e. The number of aromatic amines is 1. The van der Waals surface area contributed by atoms with E-state index in [1.54, 1.807) is 12.3 Å². The SMILES string of the molecule is Cc1cc2cc(Oc3ccnc(Nc4cccc(CNS(C)(=O)=O)c4)n3)ccc2[nH]1. The molecule has 0 radical (unpaired) electrons. The van der Waals surface area contributed by atoms with Gasteiger partial charge in [0.15, 0.2) is 0 Å². The van der Waals surface area contributed by atoms with Crippen molar-refractivity contribution in [1.29, 1.82) is 0 Å². The number of hydrogen-bond acceptors (Lipinski definition) is 6. The number of fused-ring (bicyclic) bond motifs is 1. The lowest BCUT2D eigenvalue weighted by molar-refractivity contribution is 0.463. The average Bonchev–Trinajstić information content (AvgIpc) is 3.06. The predicted molar refractivity (Wildman–Crippen MR) is 117 cm³/mol. The van der Waals surface area contributed by atoms with E-state index in [1.807, 2.05) is 49.4 Å². The number of benzene rings is 2. The molecule has 0 saturated heterocycles. The van der Waals surface area contributed by atoms with Crippen LogP contribution in [-0.4, -0.2) is 29.6 Å². The minimum atomic E-state index is -3.26. The Morgan fingerprint density at radius 1 is 1.10 bits per heavy atom. The lowest BCUT2D eigenvalue weighted by atomic mass is 10.2. The van der Waals surface area contributed by atoms with Crippen LogP contribution in [0.2, 0.25) is 0 Å². The first-order valence-corrected chi connectivity index (χ1v) is 11.1. The van der Waals surface area contributed by atoms with Gasteiger partial charge in [0.05, 0.1) is 6.26 Å². The van der Waals surface area contributed by atoms with Crippen molar-refractivity contribution in [3.63, 3.8) is 0 Å². The molecule has 0 aliphatic rings. The Hall–Kier alpha value is -3.43. The van der Waals surface area contributed by atoms with Crippen molar-refractivity contribution in [2.75, 3.05) is 11.6 Å². The fraction of sp³-hybridized carbons (Fsp3) is 0.143. The number of rotatable bonds is 7. The number of nitrogens with one attached hydrogen (secondary N) is 3. The van der Waals surface area contributed by atoms with Crippen molar-refractivity contribution in [2.24, 2.45) is 0 Å². The van der Waals surface area contributed by atoms with Crippen LogP contribution in [0.5, 0.6) is 11.6 Å². The van der Waals surface area contributed by atoms with Crippen molar-refractivity contribution in [1.82, 2.24) is 19.7 Å². The van der Waals surface area contributed by atoms with Crippen LogP contribution in [0.25, 0.3) is 10.9 Å². The Balaban J connectivity index is 1.48. The van der Waals surface area contributed by atoms with Gasteiger partial charge in [-0.3, -0.25) is 0 Å². The molecule has 4 aromatic rings. The van der Waals surface area contributed by atoms with E-state index in [0.29, 0.717) is 17.6 Å². The third-order valence-corrected chi connectivity index (χ3v) is 4.97. The molecule has 2 heterocycles. The molecule has 0 aliphatic heterocycles. The zero-order chi connectivity index (χ0) is 21.1. The summed E-state index contributed by atoms with van der Waals surface area (Å²) >= 11 is 0. The molecule has 0 spiro atoms. The van der Waals surface area contributed by atoms with Crippen molar-refractivity contribution >= 4 is 32.6 Å². The Morgan fingerprint density at radius 2 is 1.97 bits per heavy atom. The van der Waals surface area contributed by atoms with E-state index < -0.39 is 10.0 Å². The molecule has 4 rings (SSSR count).